The minimum absolute atomic E-state index is 0.312. The monoisotopic (exact) mass is 273 g/mol. The maximum atomic E-state index is 5.40. The normalized spacial score (nSPS) is 16.9. The molecule has 6 nitrogen and oxygen atoms in total. The molecule has 6 heteroatoms. The highest BCUT2D eigenvalue weighted by molar-refractivity contribution is 5.35. The van der Waals surface area contributed by atoms with Crippen molar-refractivity contribution in [3.8, 4) is 0 Å². The molecule has 0 spiro atoms. The van der Waals surface area contributed by atoms with E-state index in [9.17, 15) is 0 Å². The Morgan fingerprint density at radius 3 is 2.65 bits per heavy atom. The van der Waals surface area contributed by atoms with Gasteiger partial charge in [0.1, 0.15) is 5.82 Å². The number of hydrogen-bond acceptors (Lipinski definition) is 6. The van der Waals surface area contributed by atoms with Crippen molar-refractivity contribution in [1.29, 1.82) is 0 Å². The van der Waals surface area contributed by atoms with Crippen molar-refractivity contribution in [1.82, 2.24) is 20.1 Å². The maximum absolute atomic E-state index is 5.40. The van der Waals surface area contributed by atoms with Crippen LogP contribution < -0.4 is 4.90 Å². The molecule has 0 aromatic carbocycles. The first-order valence-electron chi connectivity index (χ1n) is 7.08. The summed E-state index contributed by atoms with van der Waals surface area (Å²) in [6, 6.07) is 0. The molecule has 20 heavy (non-hydrogen) atoms. The number of hydrogen-bond donors (Lipinski definition) is 0. The summed E-state index contributed by atoms with van der Waals surface area (Å²) in [6.07, 6.45) is 7.26. The van der Waals surface area contributed by atoms with Crippen LogP contribution in [-0.4, -0.2) is 33.2 Å². The van der Waals surface area contributed by atoms with Crippen molar-refractivity contribution in [2.24, 2.45) is 0 Å². The van der Waals surface area contributed by atoms with Gasteiger partial charge >= 0.3 is 0 Å². The lowest BCUT2D eigenvalue weighted by molar-refractivity contribution is 0.325. The second kappa shape index (κ2) is 5.56. The molecular formula is C14H19N5O. The summed E-state index contributed by atoms with van der Waals surface area (Å²) in [5.41, 5.74) is 0. The third-order valence-corrected chi connectivity index (χ3v) is 3.69. The van der Waals surface area contributed by atoms with Gasteiger partial charge in [0.25, 0.3) is 0 Å². The van der Waals surface area contributed by atoms with E-state index in [1.807, 2.05) is 6.20 Å². The van der Waals surface area contributed by atoms with Crippen LogP contribution in [0.3, 0.4) is 0 Å². The number of piperidine rings is 1. The van der Waals surface area contributed by atoms with Gasteiger partial charge in [0.2, 0.25) is 5.89 Å². The van der Waals surface area contributed by atoms with Crippen LogP contribution >= 0.6 is 0 Å². The lowest BCUT2D eigenvalue weighted by Crippen LogP contribution is -2.33. The van der Waals surface area contributed by atoms with Gasteiger partial charge < -0.3 is 9.42 Å². The van der Waals surface area contributed by atoms with Crippen LogP contribution in [0.2, 0.25) is 0 Å². The lowest BCUT2D eigenvalue weighted by Gasteiger charge is -2.30. The molecule has 0 saturated carbocycles. The molecule has 1 saturated heterocycles. The van der Waals surface area contributed by atoms with Crippen molar-refractivity contribution < 1.29 is 4.52 Å². The number of anilines is 1. The molecule has 0 aliphatic carbocycles. The minimum Gasteiger partial charge on any atom is -0.355 e. The highest BCUT2D eigenvalue weighted by Crippen LogP contribution is 2.29. The van der Waals surface area contributed by atoms with Crippen LogP contribution in [0.15, 0.2) is 23.1 Å². The number of aromatic nitrogens is 4. The van der Waals surface area contributed by atoms with Crippen LogP contribution in [0.4, 0.5) is 5.82 Å². The van der Waals surface area contributed by atoms with Gasteiger partial charge in [0.05, 0.1) is 6.20 Å². The van der Waals surface area contributed by atoms with Gasteiger partial charge in [-0.1, -0.05) is 19.0 Å². The molecule has 1 aliphatic rings. The molecule has 1 aliphatic heterocycles. The third-order valence-electron chi connectivity index (χ3n) is 3.69. The van der Waals surface area contributed by atoms with Gasteiger partial charge in [-0.3, -0.25) is 4.98 Å². The first-order valence-corrected chi connectivity index (χ1v) is 7.08. The Labute approximate surface area is 118 Å². The topological polar surface area (TPSA) is 67.9 Å². The molecule has 0 amide bonds. The van der Waals surface area contributed by atoms with Crippen molar-refractivity contribution >= 4 is 5.82 Å². The zero-order valence-corrected chi connectivity index (χ0v) is 11.9. The van der Waals surface area contributed by atoms with Gasteiger partial charge in [-0.05, 0) is 12.8 Å². The molecule has 0 unspecified atom stereocenters. The first kappa shape index (κ1) is 13.0. The van der Waals surface area contributed by atoms with E-state index in [0.29, 0.717) is 11.8 Å². The second-order valence-electron chi connectivity index (χ2n) is 5.47. The molecule has 1 fully saturated rings. The quantitative estimate of drug-likeness (QED) is 0.855. The second-order valence-corrected chi connectivity index (χ2v) is 5.47. The van der Waals surface area contributed by atoms with Crippen molar-refractivity contribution in [2.45, 2.75) is 38.5 Å². The van der Waals surface area contributed by atoms with E-state index in [1.165, 1.54) is 0 Å². The smallest absolute Gasteiger partial charge is 0.229 e. The molecular weight excluding hydrogens is 254 g/mol. The predicted octanol–water partition coefficient (Wildman–Crippen LogP) is 2.37. The van der Waals surface area contributed by atoms with E-state index < -0.39 is 0 Å². The van der Waals surface area contributed by atoms with Crippen LogP contribution in [-0.2, 0) is 0 Å². The summed E-state index contributed by atoms with van der Waals surface area (Å²) in [7, 11) is 0. The lowest BCUT2D eigenvalue weighted by atomic mass is 9.97. The van der Waals surface area contributed by atoms with Crippen molar-refractivity contribution in [2.75, 3.05) is 18.0 Å². The summed E-state index contributed by atoms with van der Waals surface area (Å²) in [5, 5.41) is 4.05. The Hall–Kier alpha value is -1.98. The number of rotatable bonds is 3. The minimum atomic E-state index is 0.312. The van der Waals surface area contributed by atoms with E-state index in [4.69, 9.17) is 4.52 Å². The molecule has 3 heterocycles. The van der Waals surface area contributed by atoms with E-state index >= 15 is 0 Å². The average Bonchev–Trinajstić information content (AvgIpc) is 2.98. The molecule has 2 aromatic heterocycles. The average molecular weight is 273 g/mol. The summed E-state index contributed by atoms with van der Waals surface area (Å²) in [4.78, 5) is 15.2. The molecule has 3 rings (SSSR count). The molecule has 106 valence electrons. The van der Waals surface area contributed by atoms with Crippen molar-refractivity contribution in [3.63, 3.8) is 0 Å². The fourth-order valence-electron chi connectivity index (χ4n) is 2.46. The van der Waals surface area contributed by atoms with Crippen LogP contribution in [0.5, 0.6) is 0 Å². The largest absolute Gasteiger partial charge is 0.355 e. The van der Waals surface area contributed by atoms with Crippen LogP contribution in [0.1, 0.15) is 50.2 Å². The Morgan fingerprint density at radius 1 is 1.25 bits per heavy atom. The van der Waals surface area contributed by atoms with Gasteiger partial charge in [-0.15, -0.1) is 0 Å². The Kier molecular flexibility index (Phi) is 3.62. The number of nitrogens with zero attached hydrogens (tertiary/aromatic N) is 5. The Morgan fingerprint density at radius 2 is 2.05 bits per heavy atom. The fourth-order valence-corrected chi connectivity index (χ4v) is 2.46. The summed E-state index contributed by atoms with van der Waals surface area (Å²) >= 11 is 0. The van der Waals surface area contributed by atoms with Crippen LogP contribution in [0.25, 0.3) is 0 Å². The van der Waals surface area contributed by atoms with Gasteiger partial charge in [-0.25, -0.2) is 4.98 Å². The zero-order valence-electron chi connectivity index (χ0n) is 11.9. The van der Waals surface area contributed by atoms with E-state index in [-0.39, 0.29) is 0 Å². The van der Waals surface area contributed by atoms with Crippen LogP contribution in [0, 0.1) is 0 Å². The Balaban J connectivity index is 1.63. The molecule has 0 radical (unpaired) electrons. The van der Waals surface area contributed by atoms with E-state index in [2.05, 4.69) is 38.9 Å². The summed E-state index contributed by atoms with van der Waals surface area (Å²) < 4.78 is 5.40. The van der Waals surface area contributed by atoms with E-state index in [0.717, 1.165) is 43.5 Å². The maximum Gasteiger partial charge on any atom is 0.229 e. The van der Waals surface area contributed by atoms with E-state index in [1.54, 1.807) is 12.4 Å². The summed E-state index contributed by atoms with van der Waals surface area (Å²) in [6.45, 7) is 6.04. The highest BCUT2D eigenvalue weighted by atomic mass is 16.5. The zero-order chi connectivity index (χ0) is 13.9. The fraction of sp³-hybridized carbons (Fsp3) is 0.571. The van der Waals surface area contributed by atoms with Gasteiger partial charge in [0, 0.05) is 37.3 Å². The first-order chi connectivity index (χ1) is 9.74. The molecule has 2 aromatic rings. The molecule has 0 atom stereocenters. The predicted molar refractivity (Wildman–Crippen MR) is 74.6 cm³/mol. The standard InChI is InChI=1S/C14H19N5O/c1-10(2)13-17-14(20-18-13)11-3-7-19(8-4-11)12-9-15-5-6-16-12/h5-6,9-11H,3-4,7-8H2,1-2H3. The summed E-state index contributed by atoms with van der Waals surface area (Å²) in [5.74, 6) is 3.21. The van der Waals surface area contributed by atoms with Gasteiger partial charge in [0.15, 0.2) is 5.82 Å². The van der Waals surface area contributed by atoms with Gasteiger partial charge in [-0.2, -0.15) is 4.98 Å². The highest BCUT2D eigenvalue weighted by Gasteiger charge is 2.26. The molecule has 0 N–H and O–H groups in total. The van der Waals surface area contributed by atoms with Crippen molar-refractivity contribution in [3.05, 3.63) is 30.3 Å². The SMILES string of the molecule is CC(C)c1noc(C2CCN(c3cnccn3)CC2)n1. The molecule has 0 bridgehead atoms. The Bertz CT molecular complexity index is 546. The third kappa shape index (κ3) is 2.64.